The fourth-order valence-electron chi connectivity index (χ4n) is 3.36. The van der Waals surface area contributed by atoms with Crippen molar-refractivity contribution in [1.82, 2.24) is 9.62 Å². The van der Waals surface area contributed by atoms with Crippen LogP contribution in [0.25, 0.3) is 0 Å². The molecule has 3 rings (SSSR count). The fourth-order valence-corrected chi connectivity index (χ4v) is 5.17. The molecule has 162 valence electrons. The summed E-state index contributed by atoms with van der Waals surface area (Å²) >= 11 is 5.82. The van der Waals surface area contributed by atoms with Crippen LogP contribution in [0.15, 0.2) is 53.4 Å². The molecule has 2 aromatic carbocycles. The molecule has 1 saturated heterocycles. The van der Waals surface area contributed by atoms with Crippen LogP contribution in [0.1, 0.15) is 24.0 Å². The number of sulfonamides is 1. The molecule has 30 heavy (non-hydrogen) atoms. The minimum atomic E-state index is -4.77. The van der Waals surface area contributed by atoms with Crippen LogP contribution in [0.2, 0.25) is 5.02 Å². The number of piperidine rings is 1. The number of nitrogens with zero attached hydrogens (tertiary/aromatic N) is 1. The van der Waals surface area contributed by atoms with E-state index in [1.165, 1.54) is 6.07 Å². The lowest BCUT2D eigenvalue weighted by molar-refractivity contribution is -0.139. The number of benzene rings is 2. The Morgan fingerprint density at radius 2 is 1.67 bits per heavy atom. The zero-order chi connectivity index (χ0) is 21.9. The lowest BCUT2D eigenvalue weighted by Gasteiger charge is -2.31. The average molecular weight is 461 g/mol. The number of rotatable bonds is 5. The molecule has 0 bridgehead atoms. The maximum Gasteiger partial charge on any atom is 0.417 e. The van der Waals surface area contributed by atoms with Crippen LogP contribution in [0.4, 0.5) is 13.2 Å². The third-order valence-corrected chi connectivity index (χ3v) is 7.22. The fraction of sp³-hybridized carbons (Fsp3) is 0.350. The van der Waals surface area contributed by atoms with E-state index in [0.717, 1.165) is 28.1 Å². The maximum absolute atomic E-state index is 13.2. The number of carbonyl (C=O) groups is 1. The summed E-state index contributed by atoms with van der Waals surface area (Å²) in [7, 11) is -4.32. The molecule has 0 aromatic heterocycles. The third kappa shape index (κ3) is 5.14. The predicted molar refractivity (Wildman–Crippen MR) is 106 cm³/mol. The van der Waals surface area contributed by atoms with Crippen LogP contribution in [-0.4, -0.2) is 31.7 Å². The van der Waals surface area contributed by atoms with Gasteiger partial charge < -0.3 is 5.32 Å². The Morgan fingerprint density at radius 3 is 2.27 bits per heavy atom. The molecule has 1 aliphatic rings. The van der Waals surface area contributed by atoms with Gasteiger partial charge in [0.05, 0.1) is 10.5 Å². The van der Waals surface area contributed by atoms with Gasteiger partial charge in [0.1, 0.15) is 0 Å². The van der Waals surface area contributed by atoms with Crippen molar-refractivity contribution in [2.75, 3.05) is 13.1 Å². The Kier molecular flexibility index (Phi) is 6.74. The van der Waals surface area contributed by atoms with E-state index < -0.39 is 32.6 Å². The van der Waals surface area contributed by atoms with Crippen molar-refractivity contribution >= 4 is 27.5 Å². The number of carbonyl (C=O) groups excluding carboxylic acids is 1. The molecule has 10 heteroatoms. The highest BCUT2D eigenvalue weighted by Gasteiger charge is 2.40. The summed E-state index contributed by atoms with van der Waals surface area (Å²) in [6.45, 7) is 0.272. The van der Waals surface area contributed by atoms with E-state index in [4.69, 9.17) is 11.6 Å². The molecule has 1 N–H and O–H groups in total. The summed E-state index contributed by atoms with van der Waals surface area (Å²) in [5, 5.41) is 3.39. The van der Waals surface area contributed by atoms with E-state index in [-0.39, 0.29) is 31.8 Å². The van der Waals surface area contributed by atoms with Crippen LogP contribution >= 0.6 is 11.6 Å². The van der Waals surface area contributed by atoms with Crippen molar-refractivity contribution in [3.63, 3.8) is 0 Å². The third-order valence-electron chi connectivity index (χ3n) is 5.02. The zero-order valence-electron chi connectivity index (χ0n) is 15.8. The van der Waals surface area contributed by atoms with Crippen LogP contribution < -0.4 is 5.32 Å². The van der Waals surface area contributed by atoms with Gasteiger partial charge >= 0.3 is 6.18 Å². The molecule has 0 atom stereocenters. The molecule has 1 fully saturated rings. The van der Waals surface area contributed by atoms with Gasteiger partial charge in [0.25, 0.3) is 0 Å². The van der Waals surface area contributed by atoms with Gasteiger partial charge in [0, 0.05) is 30.6 Å². The van der Waals surface area contributed by atoms with Crippen LogP contribution in [0, 0.1) is 5.92 Å². The zero-order valence-corrected chi connectivity index (χ0v) is 17.4. The van der Waals surface area contributed by atoms with Crippen molar-refractivity contribution in [1.29, 1.82) is 0 Å². The Hall–Kier alpha value is -2.10. The first-order valence-corrected chi connectivity index (χ1v) is 11.1. The molecule has 0 spiro atoms. The number of hydrogen-bond acceptors (Lipinski definition) is 3. The van der Waals surface area contributed by atoms with Crippen molar-refractivity contribution in [3.8, 4) is 0 Å². The molecule has 1 amide bonds. The number of amides is 1. The van der Waals surface area contributed by atoms with Crippen molar-refractivity contribution in [2.24, 2.45) is 5.92 Å². The highest BCUT2D eigenvalue weighted by Crippen LogP contribution is 2.36. The molecular weight excluding hydrogens is 441 g/mol. The van der Waals surface area contributed by atoms with E-state index in [2.05, 4.69) is 5.32 Å². The SMILES string of the molecule is O=C(NCc1ccc(Cl)cc1)C1CCN(S(=O)(=O)c2ccccc2C(F)(F)F)CC1. The second-order valence-corrected chi connectivity index (χ2v) is 9.36. The molecule has 0 saturated carbocycles. The summed E-state index contributed by atoms with van der Waals surface area (Å²) in [4.78, 5) is 11.6. The largest absolute Gasteiger partial charge is 0.417 e. The first kappa shape index (κ1) is 22.6. The second-order valence-electron chi connectivity index (χ2n) is 7.02. The van der Waals surface area contributed by atoms with Crippen LogP contribution in [0.5, 0.6) is 0 Å². The number of nitrogens with one attached hydrogen (secondary N) is 1. The summed E-state index contributed by atoms with van der Waals surface area (Å²) in [5.74, 6) is -0.612. The summed E-state index contributed by atoms with van der Waals surface area (Å²) < 4.78 is 66.2. The van der Waals surface area contributed by atoms with E-state index in [1.807, 2.05) is 0 Å². The monoisotopic (exact) mass is 460 g/mol. The Balaban J connectivity index is 1.62. The molecule has 0 aliphatic carbocycles. The standard InChI is InChI=1S/C20H20ClF3N2O3S/c21-16-7-5-14(6-8-16)13-25-19(27)15-9-11-26(12-10-15)30(28,29)18-4-2-1-3-17(18)20(22,23)24/h1-8,15H,9-13H2,(H,25,27). The van der Waals surface area contributed by atoms with Gasteiger partial charge in [0.2, 0.25) is 15.9 Å². The molecule has 2 aromatic rings. The number of alkyl halides is 3. The molecule has 0 radical (unpaired) electrons. The molecule has 0 unspecified atom stereocenters. The normalized spacial score (nSPS) is 16.4. The van der Waals surface area contributed by atoms with Crippen molar-refractivity contribution < 1.29 is 26.4 Å². The average Bonchev–Trinajstić information content (AvgIpc) is 2.72. The first-order chi connectivity index (χ1) is 14.1. The van der Waals surface area contributed by atoms with Gasteiger partial charge in [-0.05, 0) is 42.7 Å². The predicted octanol–water partition coefficient (Wildman–Crippen LogP) is 4.08. The highest BCUT2D eigenvalue weighted by molar-refractivity contribution is 7.89. The van der Waals surface area contributed by atoms with Crippen LogP contribution in [0.3, 0.4) is 0 Å². The van der Waals surface area contributed by atoms with Crippen LogP contribution in [-0.2, 0) is 27.5 Å². The quantitative estimate of drug-likeness (QED) is 0.731. The Labute approximate surface area is 177 Å². The summed E-state index contributed by atoms with van der Waals surface area (Å²) in [6, 6.07) is 11.1. The van der Waals surface area contributed by atoms with Gasteiger partial charge in [-0.1, -0.05) is 35.9 Å². The molecule has 5 nitrogen and oxygen atoms in total. The molecule has 1 heterocycles. The Bertz CT molecular complexity index is 1000. The summed E-state index contributed by atoms with van der Waals surface area (Å²) in [5.41, 5.74) is -0.315. The lowest BCUT2D eigenvalue weighted by atomic mass is 9.97. The van der Waals surface area contributed by atoms with E-state index in [1.54, 1.807) is 24.3 Å². The van der Waals surface area contributed by atoms with Crippen molar-refractivity contribution in [2.45, 2.75) is 30.5 Å². The molecule has 1 aliphatic heterocycles. The van der Waals surface area contributed by atoms with E-state index in [9.17, 15) is 26.4 Å². The van der Waals surface area contributed by atoms with Gasteiger partial charge in [-0.2, -0.15) is 17.5 Å². The highest BCUT2D eigenvalue weighted by atomic mass is 35.5. The van der Waals surface area contributed by atoms with E-state index >= 15 is 0 Å². The van der Waals surface area contributed by atoms with Gasteiger partial charge in [-0.15, -0.1) is 0 Å². The number of hydrogen-bond donors (Lipinski definition) is 1. The van der Waals surface area contributed by atoms with Gasteiger partial charge in [-0.25, -0.2) is 8.42 Å². The first-order valence-electron chi connectivity index (χ1n) is 9.27. The topological polar surface area (TPSA) is 66.5 Å². The number of halogens is 4. The van der Waals surface area contributed by atoms with Gasteiger partial charge in [-0.3, -0.25) is 4.79 Å². The van der Waals surface area contributed by atoms with Gasteiger partial charge in [0.15, 0.2) is 0 Å². The minimum absolute atomic E-state index is 0.0203. The van der Waals surface area contributed by atoms with E-state index in [0.29, 0.717) is 11.6 Å². The molecular formula is C20H20ClF3N2O3S. The second kappa shape index (κ2) is 8.95. The smallest absolute Gasteiger partial charge is 0.352 e. The minimum Gasteiger partial charge on any atom is -0.352 e. The Morgan fingerprint density at radius 1 is 1.07 bits per heavy atom. The lowest BCUT2D eigenvalue weighted by Crippen LogP contribution is -2.43. The van der Waals surface area contributed by atoms with Crippen molar-refractivity contribution in [3.05, 3.63) is 64.7 Å². The summed E-state index contributed by atoms with van der Waals surface area (Å²) in [6.07, 6.45) is -4.30. The maximum atomic E-state index is 13.2.